The molecule has 0 fully saturated rings. The molecule has 0 aromatic heterocycles. The van der Waals surface area contributed by atoms with Gasteiger partial charge in [0.1, 0.15) is 5.82 Å². The third kappa shape index (κ3) is 3.57. The van der Waals surface area contributed by atoms with Crippen LogP contribution in [0.5, 0.6) is 0 Å². The van der Waals surface area contributed by atoms with Gasteiger partial charge < -0.3 is 5.32 Å². The van der Waals surface area contributed by atoms with E-state index in [9.17, 15) is 17.6 Å². The minimum absolute atomic E-state index is 0.0482. The molecule has 0 saturated heterocycles. The number of nitrogens with one attached hydrogen (secondary N) is 2. The second-order valence-corrected chi connectivity index (χ2v) is 5.90. The molecule has 0 aliphatic rings. The fourth-order valence-corrected chi connectivity index (χ4v) is 2.78. The highest BCUT2D eigenvalue weighted by Crippen LogP contribution is 2.17. The molecule has 0 spiro atoms. The van der Waals surface area contributed by atoms with Gasteiger partial charge in [0.05, 0.1) is 4.90 Å². The van der Waals surface area contributed by atoms with Crippen molar-refractivity contribution in [1.82, 2.24) is 5.32 Å². The van der Waals surface area contributed by atoms with Crippen LogP contribution in [0.2, 0.25) is 0 Å². The number of hydrogen-bond acceptors (Lipinski definition) is 3. The van der Waals surface area contributed by atoms with Crippen molar-refractivity contribution >= 4 is 21.6 Å². The maximum Gasteiger partial charge on any atom is 0.261 e. The first-order valence-electron chi connectivity index (χ1n) is 6.03. The van der Waals surface area contributed by atoms with Crippen molar-refractivity contribution in [2.24, 2.45) is 0 Å². The second kappa shape index (κ2) is 5.92. The predicted molar refractivity (Wildman–Crippen MR) is 77.0 cm³/mol. The summed E-state index contributed by atoms with van der Waals surface area (Å²) in [5.74, 6) is -0.839. The smallest absolute Gasteiger partial charge is 0.261 e. The summed E-state index contributed by atoms with van der Waals surface area (Å²) in [4.78, 5) is 11.5. The van der Waals surface area contributed by atoms with E-state index in [1.807, 2.05) is 0 Å². The predicted octanol–water partition coefficient (Wildman–Crippen LogP) is 1.99. The minimum atomic E-state index is -3.84. The van der Waals surface area contributed by atoms with Gasteiger partial charge in [-0.05, 0) is 42.5 Å². The van der Waals surface area contributed by atoms with Crippen LogP contribution in [0, 0.1) is 5.82 Å². The normalized spacial score (nSPS) is 11.0. The Morgan fingerprint density at radius 2 is 1.76 bits per heavy atom. The van der Waals surface area contributed by atoms with Gasteiger partial charge in [0.25, 0.3) is 15.9 Å². The van der Waals surface area contributed by atoms with Crippen molar-refractivity contribution in [3.05, 3.63) is 59.9 Å². The van der Waals surface area contributed by atoms with Crippen LogP contribution in [0.4, 0.5) is 10.1 Å². The number of sulfonamides is 1. The SMILES string of the molecule is CNC(=O)c1cccc(S(=O)(=O)Nc2ccc(F)cc2)c1. The molecule has 0 atom stereocenters. The Hall–Kier alpha value is -2.41. The number of carbonyl (C=O) groups is 1. The van der Waals surface area contributed by atoms with Crippen LogP contribution >= 0.6 is 0 Å². The first-order valence-corrected chi connectivity index (χ1v) is 7.51. The van der Waals surface area contributed by atoms with Crippen LogP contribution in [0.25, 0.3) is 0 Å². The molecule has 0 bridgehead atoms. The largest absolute Gasteiger partial charge is 0.355 e. The fourth-order valence-electron chi connectivity index (χ4n) is 1.68. The lowest BCUT2D eigenvalue weighted by Crippen LogP contribution is -2.19. The molecule has 0 radical (unpaired) electrons. The van der Waals surface area contributed by atoms with E-state index in [0.29, 0.717) is 0 Å². The highest BCUT2D eigenvalue weighted by atomic mass is 32.2. The molecule has 21 heavy (non-hydrogen) atoms. The Morgan fingerprint density at radius 1 is 1.10 bits per heavy atom. The Labute approximate surface area is 121 Å². The molecule has 0 saturated carbocycles. The maximum absolute atomic E-state index is 12.8. The number of anilines is 1. The van der Waals surface area contributed by atoms with Gasteiger partial charge in [-0.2, -0.15) is 0 Å². The summed E-state index contributed by atoms with van der Waals surface area (Å²) in [5.41, 5.74) is 0.473. The number of halogens is 1. The average Bonchev–Trinajstić information content (AvgIpc) is 2.49. The number of carbonyl (C=O) groups excluding carboxylic acids is 1. The minimum Gasteiger partial charge on any atom is -0.355 e. The molecule has 2 N–H and O–H groups in total. The Morgan fingerprint density at radius 3 is 2.38 bits per heavy atom. The summed E-state index contributed by atoms with van der Waals surface area (Å²) in [6, 6.07) is 10.6. The fraction of sp³-hybridized carbons (Fsp3) is 0.0714. The van der Waals surface area contributed by atoms with Crippen LogP contribution in [0.3, 0.4) is 0 Å². The molecule has 0 unspecified atom stereocenters. The van der Waals surface area contributed by atoms with Crippen molar-refractivity contribution in [3.63, 3.8) is 0 Å². The van der Waals surface area contributed by atoms with Crippen LogP contribution in [-0.2, 0) is 10.0 Å². The van der Waals surface area contributed by atoms with Crippen molar-refractivity contribution in [2.75, 3.05) is 11.8 Å². The van der Waals surface area contributed by atoms with Gasteiger partial charge in [0.2, 0.25) is 0 Å². The molecule has 0 heterocycles. The number of amides is 1. The third-order valence-electron chi connectivity index (χ3n) is 2.73. The zero-order valence-electron chi connectivity index (χ0n) is 11.1. The lowest BCUT2D eigenvalue weighted by Gasteiger charge is -2.09. The third-order valence-corrected chi connectivity index (χ3v) is 4.11. The molecule has 2 aromatic carbocycles. The molecule has 5 nitrogen and oxygen atoms in total. The van der Waals surface area contributed by atoms with Gasteiger partial charge in [0.15, 0.2) is 0 Å². The molecule has 1 amide bonds. The lowest BCUT2D eigenvalue weighted by molar-refractivity contribution is 0.0963. The van der Waals surface area contributed by atoms with E-state index < -0.39 is 15.8 Å². The Kier molecular flexibility index (Phi) is 4.23. The van der Waals surface area contributed by atoms with Gasteiger partial charge in [-0.3, -0.25) is 9.52 Å². The summed E-state index contributed by atoms with van der Waals surface area (Å²) >= 11 is 0. The first kappa shape index (κ1) is 15.0. The Bertz CT molecular complexity index is 758. The number of benzene rings is 2. The van der Waals surface area contributed by atoms with Gasteiger partial charge in [-0.1, -0.05) is 6.07 Å². The van der Waals surface area contributed by atoms with Crippen molar-refractivity contribution < 1.29 is 17.6 Å². The summed E-state index contributed by atoms with van der Waals surface area (Å²) in [7, 11) is -2.38. The summed E-state index contributed by atoms with van der Waals surface area (Å²) in [5, 5.41) is 2.42. The van der Waals surface area contributed by atoms with Crippen LogP contribution in [0.1, 0.15) is 10.4 Å². The zero-order valence-corrected chi connectivity index (χ0v) is 11.9. The lowest BCUT2D eigenvalue weighted by atomic mass is 10.2. The van der Waals surface area contributed by atoms with Gasteiger partial charge in [0, 0.05) is 18.3 Å². The molecule has 110 valence electrons. The van der Waals surface area contributed by atoms with E-state index in [1.54, 1.807) is 0 Å². The molecule has 0 aliphatic heterocycles. The van der Waals surface area contributed by atoms with E-state index in [2.05, 4.69) is 10.0 Å². The molecule has 7 heteroatoms. The maximum atomic E-state index is 12.8. The quantitative estimate of drug-likeness (QED) is 0.907. The molecule has 2 aromatic rings. The van der Waals surface area contributed by atoms with Crippen molar-refractivity contribution in [3.8, 4) is 0 Å². The van der Waals surface area contributed by atoms with Crippen LogP contribution < -0.4 is 10.0 Å². The highest BCUT2D eigenvalue weighted by molar-refractivity contribution is 7.92. The van der Waals surface area contributed by atoms with Crippen molar-refractivity contribution in [1.29, 1.82) is 0 Å². The summed E-state index contributed by atoms with van der Waals surface area (Å²) < 4.78 is 39.5. The topological polar surface area (TPSA) is 75.3 Å². The van der Waals surface area contributed by atoms with E-state index in [4.69, 9.17) is 0 Å². The summed E-state index contributed by atoms with van der Waals surface area (Å²) in [6.45, 7) is 0. The standard InChI is InChI=1S/C14H13FN2O3S/c1-16-14(18)10-3-2-4-13(9-10)21(19,20)17-12-7-5-11(15)6-8-12/h2-9,17H,1H3,(H,16,18). The zero-order chi connectivity index (χ0) is 15.5. The molecule has 0 aliphatic carbocycles. The monoisotopic (exact) mass is 308 g/mol. The number of rotatable bonds is 4. The van der Waals surface area contributed by atoms with Gasteiger partial charge in [-0.15, -0.1) is 0 Å². The van der Waals surface area contributed by atoms with E-state index in [1.165, 1.54) is 43.4 Å². The Balaban J connectivity index is 2.31. The van der Waals surface area contributed by atoms with Crippen LogP contribution in [-0.4, -0.2) is 21.4 Å². The number of hydrogen-bond donors (Lipinski definition) is 2. The van der Waals surface area contributed by atoms with Gasteiger partial charge in [-0.25, -0.2) is 12.8 Å². The van der Waals surface area contributed by atoms with E-state index in [-0.39, 0.29) is 22.1 Å². The molecular weight excluding hydrogens is 295 g/mol. The van der Waals surface area contributed by atoms with Gasteiger partial charge >= 0.3 is 0 Å². The van der Waals surface area contributed by atoms with Crippen molar-refractivity contribution in [2.45, 2.75) is 4.90 Å². The molecule has 2 rings (SSSR count). The highest BCUT2D eigenvalue weighted by Gasteiger charge is 2.16. The summed E-state index contributed by atoms with van der Waals surface area (Å²) in [6.07, 6.45) is 0. The molecular formula is C14H13FN2O3S. The van der Waals surface area contributed by atoms with E-state index >= 15 is 0 Å². The van der Waals surface area contributed by atoms with Crippen LogP contribution in [0.15, 0.2) is 53.4 Å². The average molecular weight is 308 g/mol. The second-order valence-electron chi connectivity index (χ2n) is 4.22. The van der Waals surface area contributed by atoms with E-state index in [0.717, 1.165) is 12.1 Å². The first-order chi connectivity index (χ1) is 9.92.